The normalized spacial score (nSPS) is 12.2. The zero-order valence-electron chi connectivity index (χ0n) is 12.7. The van der Waals surface area contributed by atoms with Crippen LogP contribution in [0.5, 0.6) is 0 Å². The van der Waals surface area contributed by atoms with Crippen LogP contribution in [0.4, 0.5) is 0 Å². The molecule has 0 saturated carbocycles. The average molecular weight is 309 g/mol. The fourth-order valence-corrected chi connectivity index (χ4v) is 2.17. The molecule has 0 spiro atoms. The number of aromatic nitrogens is 4. The van der Waals surface area contributed by atoms with Gasteiger partial charge in [-0.05, 0) is 16.3 Å². The Morgan fingerprint density at radius 1 is 0.957 bits per heavy atom. The summed E-state index contributed by atoms with van der Waals surface area (Å²) in [6, 6.07) is 19.6. The van der Waals surface area contributed by atoms with E-state index in [0.29, 0.717) is 25.6 Å². The van der Waals surface area contributed by atoms with E-state index < -0.39 is 0 Å². The van der Waals surface area contributed by atoms with Gasteiger partial charge in [-0.25, -0.2) is 0 Å². The van der Waals surface area contributed by atoms with Gasteiger partial charge in [-0.3, -0.25) is 0 Å². The summed E-state index contributed by atoms with van der Waals surface area (Å²) in [5, 5.41) is 12.4. The minimum absolute atomic E-state index is 0.353. The van der Waals surface area contributed by atoms with Gasteiger partial charge in [0, 0.05) is 0 Å². The largest absolute Gasteiger partial charge is 0.375 e. The molecule has 0 saturated heterocycles. The van der Waals surface area contributed by atoms with Crippen molar-refractivity contribution in [2.24, 2.45) is 5.73 Å². The number of benzene rings is 2. The number of rotatable bonds is 7. The summed E-state index contributed by atoms with van der Waals surface area (Å²) in [6.07, 6.45) is 0. The molecule has 1 heterocycles. The van der Waals surface area contributed by atoms with Crippen molar-refractivity contribution in [1.29, 1.82) is 0 Å². The number of ether oxygens (including phenoxy) is 1. The number of hydrogen-bond acceptors (Lipinski definition) is 5. The molecule has 6 heteroatoms. The van der Waals surface area contributed by atoms with Crippen LogP contribution in [0.3, 0.4) is 0 Å². The monoisotopic (exact) mass is 309 g/mol. The molecule has 1 atom stereocenters. The third kappa shape index (κ3) is 4.45. The highest BCUT2D eigenvalue weighted by molar-refractivity contribution is 5.14. The lowest BCUT2D eigenvalue weighted by Crippen LogP contribution is -2.19. The van der Waals surface area contributed by atoms with Crippen molar-refractivity contribution in [1.82, 2.24) is 20.2 Å². The van der Waals surface area contributed by atoms with Crippen LogP contribution in [0, 0.1) is 0 Å². The molecule has 0 aliphatic rings. The van der Waals surface area contributed by atoms with Gasteiger partial charge in [0.05, 0.1) is 25.8 Å². The van der Waals surface area contributed by atoms with Crippen molar-refractivity contribution in [2.75, 3.05) is 6.61 Å². The Bertz CT molecular complexity index is 714. The van der Waals surface area contributed by atoms with Gasteiger partial charge in [-0.1, -0.05) is 60.7 Å². The van der Waals surface area contributed by atoms with Crippen LogP contribution >= 0.6 is 0 Å². The van der Waals surface area contributed by atoms with Crippen LogP contribution < -0.4 is 5.73 Å². The van der Waals surface area contributed by atoms with E-state index in [9.17, 15) is 0 Å². The van der Waals surface area contributed by atoms with Crippen molar-refractivity contribution < 1.29 is 4.74 Å². The maximum atomic E-state index is 6.06. The van der Waals surface area contributed by atoms with Gasteiger partial charge < -0.3 is 10.5 Å². The molecule has 3 rings (SSSR count). The molecule has 2 N–H and O–H groups in total. The first-order valence-electron chi connectivity index (χ1n) is 7.50. The molecular formula is C17H19N5O. The van der Waals surface area contributed by atoms with E-state index in [4.69, 9.17) is 10.5 Å². The molecule has 0 radical (unpaired) electrons. The van der Waals surface area contributed by atoms with Gasteiger partial charge in [-0.15, -0.1) is 10.2 Å². The molecule has 0 bridgehead atoms. The van der Waals surface area contributed by atoms with E-state index >= 15 is 0 Å². The molecule has 1 aromatic heterocycles. The Morgan fingerprint density at radius 3 is 2.30 bits per heavy atom. The predicted octanol–water partition coefficient (Wildman–Crippen LogP) is 1.94. The van der Waals surface area contributed by atoms with Crippen molar-refractivity contribution in [2.45, 2.75) is 19.2 Å². The lowest BCUT2D eigenvalue weighted by molar-refractivity contribution is 0.106. The lowest BCUT2D eigenvalue weighted by atomic mass is 10.2. The van der Waals surface area contributed by atoms with E-state index in [0.717, 1.165) is 11.1 Å². The number of tetrazole rings is 1. The van der Waals surface area contributed by atoms with Crippen LogP contribution in [0.25, 0.3) is 0 Å². The smallest absolute Gasteiger partial charge is 0.193 e. The molecule has 118 valence electrons. The molecule has 6 nitrogen and oxygen atoms in total. The van der Waals surface area contributed by atoms with E-state index in [-0.39, 0.29) is 6.04 Å². The second-order valence-corrected chi connectivity index (χ2v) is 5.27. The highest BCUT2D eigenvalue weighted by Gasteiger charge is 2.13. The molecule has 0 fully saturated rings. The SMILES string of the molecule is N[C@H](COCc1ccccc1)c1nnn(Cc2ccccc2)n1. The average Bonchev–Trinajstić information content (AvgIpc) is 3.05. The Morgan fingerprint density at radius 2 is 1.61 bits per heavy atom. The highest BCUT2D eigenvalue weighted by Crippen LogP contribution is 2.07. The summed E-state index contributed by atoms with van der Waals surface area (Å²) in [5.41, 5.74) is 8.29. The van der Waals surface area contributed by atoms with Gasteiger partial charge in [0.2, 0.25) is 0 Å². The summed E-state index contributed by atoms with van der Waals surface area (Å²) in [4.78, 5) is 1.54. The van der Waals surface area contributed by atoms with E-state index in [2.05, 4.69) is 15.4 Å². The third-order valence-corrected chi connectivity index (χ3v) is 3.38. The van der Waals surface area contributed by atoms with E-state index in [1.807, 2.05) is 60.7 Å². The van der Waals surface area contributed by atoms with Crippen molar-refractivity contribution in [3.8, 4) is 0 Å². The van der Waals surface area contributed by atoms with Crippen LogP contribution in [0.15, 0.2) is 60.7 Å². The minimum atomic E-state index is -0.386. The fourth-order valence-electron chi connectivity index (χ4n) is 2.17. The van der Waals surface area contributed by atoms with Crippen molar-refractivity contribution in [3.63, 3.8) is 0 Å². The predicted molar refractivity (Wildman–Crippen MR) is 86.4 cm³/mol. The lowest BCUT2D eigenvalue weighted by Gasteiger charge is -2.08. The standard InChI is InChI=1S/C17H19N5O/c18-16(13-23-12-15-9-5-2-6-10-15)17-19-21-22(20-17)11-14-7-3-1-4-8-14/h1-10,16H,11-13,18H2/t16-/m1/s1. The number of nitrogens with zero attached hydrogens (tertiary/aromatic N) is 4. The van der Waals surface area contributed by atoms with Crippen molar-refractivity contribution >= 4 is 0 Å². The molecular weight excluding hydrogens is 290 g/mol. The summed E-state index contributed by atoms with van der Waals surface area (Å²) in [7, 11) is 0. The van der Waals surface area contributed by atoms with Crippen LogP contribution in [-0.4, -0.2) is 26.8 Å². The second kappa shape index (κ2) is 7.62. The summed E-state index contributed by atoms with van der Waals surface area (Å²) in [5.74, 6) is 0.494. The van der Waals surface area contributed by atoms with Crippen LogP contribution in [0.2, 0.25) is 0 Å². The van der Waals surface area contributed by atoms with E-state index in [1.165, 1.54) is 0 Å². The van der Waals surface area contributed by atoms with Gasteiger partial charge >= 0.3 is 0 Å². The van der Waals surface area contributed by atoms with Gasteiger partial charge in [0.25, 0.3) is 0 Å². The zero-order valence-corrected chi connectivity index (χ0v) is 12.7. The molecule has 0 unspecified atom stereocenters. The first-order valence-corrected chi connectivity index (χ1v) is 7.50. The number of hydrogen-bond donors (Lipinski definition) is 1. The Labute approximate surface area is 134 Å². The van der Waals surface area contributed by atoms with Crippen LogP contribution in [-0.2, 0) is 17.9 Å². The topological polar surface area (TPSA) is 78.9 Å². The van der Waals surface area contributed by atoms with Crippen molar-refractivity contribution in [3.05, 3.63) is 77.6 Å². The Balaban J connectivity index is 1.51. The number of nitrogens with two attached hydrogens (primary N) is 1. The fraction of sp³-hybridized carbons (Fsp3) is 0.235. The minimum Gasteiger partial charge on any atom is -0.375 e. The maximum Gasteiger partial charge on any atom is 0.193 e. The molecule has 0 aliphatic carbocycles. The zero-order chi connectivity index (χ0) is 15.9. The summed E-state index contributed by atoms with van der Waals surface area (Å²) < 4.78 is 5.62. The molecule has 0 amide bonds. The molecule has 23 heavy (non-hydrogen) atoms. The maximum absolute atomic E-state index is 6.06. The Kier molecular flexibility index (Phi) is 5.08. The molecule has 3 aromatic rings. The molecule has 2 aromatic carbocycles. The highest BCUT2D eigenvalue weighted by atomic mass is 16.5. The first-order chi connectivity index (χ1) is 11.3. The van der Waals surface area contributed by atoms with E-state index in [1.54, 1.807) is 4.80 Å². The van der Waals surface area contributed by atoms with Gasteiger partial charge in [0.15, 0.2) is 5.82 Å². The first kappa shape index (κ1) is 15.3. The van der Waals surface area contributed by atoms with Gasteiger partial charge in [-0.2, -0.15) is 4.80 Å². The second-order valence-electron chi connectivity index (χ2n) is 5.27. The Hall–Kier alpha value is -2.57. The van der Waals surface area contributed by atoms with Crippen LogP contribution in [0.1, 0.15) is 23.0 Å². The summed E-state index contributed by atoms with van der Waals surface area (Å²) in [6.45, 7) is 1.45. The quantitative estimate of drug-likeness (QED) is 0.721. The summed E-state index contributed by atoms with van der Waals surface area (Å²) >= 11 is 0. The third-order valence-electron chi connectivity index (χ3n) is 3.38. The van der Waals surface area contributed by atoms with Gasteiger partial charge in [0.1, 0.15) is 0 Å². The molecule has 0 aliphatic heterocycles.